The van der Waals surface area contributed by atoms with Gasteiger partial charge in [0.05, 0.1) is 31.5 Å². The third-order valence-electron chi connectivity index (χ3n) is 14.8. The average molecular weight is 974 g/mol. The molecule has 0 N–H and O–H groups in total. The van der Waals surface area contributed by atoms with Gasteiger partial charge in [0.2, 0.25) is 0 Å². The number of aromatic nitrogens is 5. The molecular formula is C69H43N5S. The first-order chi connectivity index (χ1) is 37.2. The van der Waals surface area contributed by atoms with E-state index < -0.39 is 0 Å². The van der Waals surface area contributed by atoms with Gasteiger partial charge in [-0.15, -0.1) is 11.3 Å². The highest BCUT2D eigenvalue weighted by Gasteiger charge is 2.23. The van der Waals surface area contributed by atoms with Gasteiger partial charge in [-0.3, -0.25) is 0 Å². The fraction of sp³-hybridized carbons (Fsp3) is 0. The second kappa shape index (κ2) is 17.5. The van der Waals surface area contributed by atoms with E-state index in [1.54, 1.807) is 0 Å². The van der Waals surface area contributed by atoms with Crippen LogP contribution >= 0.6 is 11.3 Å². The third-order valence-corrected chi connectivity index (χ3v) is 16.0. The Kier molecular flexibility index (Phi) is 10.00. The fourth-order valence-corrected chi connectivity index (χ4v) is 12.7. The molecule has 0 spiro atoms. The summed E-state index contributed by atoms with van der Waals surface area (Å²) in [5, 5.41) is 7.44. The van der Waals surface area contributed by atoms with Crippen LogP contribution in [-0.4, -0.2) is 24.1 Å². The molecule has 0 amide bonds. The first-order valence-corrected chi connectivity index (χ1v) is 26.2. The van der Waals surface area contributed by atoms with Gasteiger partial charge in [-0.05, 0) is 88.0 Å². The quantitative estimate of drug-likeness (QED) is 0.152. The molecule has 75 heavy (non-hydrogen) atoms. The van der Waals surface area contributed by atoms with E-state index in [2.05, 4.69) is 258 Å². The number of nitrogens with zero attached hydrogens (tertiary/aromatic N) is 5. The van der Waals surface area contributed by atoms with Crippen LogP contribution < -0.4 is 0 Å². The molecule has 350 valence electrons. The lowest BCUT2D eigenvalue weighted by molar-refractivity contribution is 1.07. The minimum atomic E-state index is 0.609. The molecule has 15 rings (SSSR count). The van der Waals surface area contributed by atoms with Gasteiger partial charge in [0.25, 0.3) is 0 Å². The standard InChI is InChI=1S/C69H43N5S/c1-4-18-44(19-5-1)48-24-16-26-50(42-48)68-70-67(71-69(72-68)60-31-11-10-28-53(60)46-22-8-3-9-23-46)47-34-36-51(37-35-47)73-61-32-14-12-29-54(61)56-38-40-58-59-41-39-57-55-30-13-15-33-62(55)74(64(57)66(59)75-65(58)63(56)73)52-27-17-25-49(43-52)45-20-6-2-7-21-45/h1-43H. The molecule has 6 heteroatoms. The molecule has 0 bridgehead atoms. The molecular weight excluding hydrogens is 931 g/mol. The molecule has 0 aliphatic rings. The molecule has 5 nitrogen and oxygen atoms in total. The highest BCUT2D eigenvalue weighted by atomic mass is 32.1. The Bertz CT molecular complexity index is 4690. The predicted molar refractivity (Wildman–Crippen MR) is 314 cm³/mol. The maximum Gasteiger partial charge on any atom is 0.164 e. The summed E-state index contributed by atoms with van der Waals surface area (Å²) in [5.74, 6) is 1.85. The van der Waals surface area contributed by atoms with Crippen LogP contribution in [0.4, 0.5) is 0 Å². The van der Waals surface area contributed by atoms with Gasteiger partial charge in [0.15, 0.2) is 17.5 Å². The van der Waals surface area contributed by atoms with Crippen LogP contribution in [0.25, 0.3) is 143 Å². The SMILES string of the molecule is c1ccc(-c2cccc(-c3nc(-c4ccc(-n5c6ccccc6c6ccc7c8ccc9c%10ccccc%10n(-c%10cccc(-c%11ccccc%11)c%10)c9c8sc7c65)cc4)nc(-c4ccccc4-c4ccccc4)n3)c2)cc1. The van der Waals surface area contributed by atoms with Crippen molar-refractivity contribution in [2.24, 2.45) is 0 Å². The monoisotopic (exact) mass is 973 g/mol. The van der Waals surface area contributed by atoms with Gasteiger partial charge >= 0.3 is 0 Å². The van der Waals surface area contributed by atoms with Gasteiger partial charge in [-0.2, -0.15) is 0 Å². The minimum absolute atomic E-state index is 0.609. The summed E-state index contributed by atoms with van der Waals surface area (Å²) >= 11 is 1.90. The Morgan fingerprint density at radius 2 is 0.693 bits per heavy atom. The van der Waals surface area contributed by atoms with Crippen LogP contribution in [0.5, 0.6) is 0 Å². The minimum Gasteiger partial charge on any atom is -0.308 e. The van der Waals surface area contributed by atoms with Gasteiger partial charge in [-0.1, -0.05) is 206 Å². The Morgan fingerprint density at radius 1 is 0.253 bits per heavy atom. The third kappa shape index (κ3) is 7.10. The Morgan fingerprint density at radius 3 is 1.31 bits per heavy atom. The number of benzene rings is 11. The number of hydrogen-bond acceptors (Lipinski definition) is 4. The topological polar surface area (TPSA) is 48.5 Å². The Labute approximate surface area is 436 Å². The molecule has 4 aromatic heterocycles. The molecule has 15 aromatic rings. The van der Waals surface area contributed by atoms with E-state index in [0.717, 1.165) is 55.8 Å². The molecule has 0 unspecified atom stereocenters. The highest BCUT2D eigenvalue weighted by molar-refractivity contribution is 7.27. The lowest BCUT2D eigenvalue weighted by Crippen LogP contribution is -2.01. The molecule has 0 radical (unpaired) electrons. The van der Waals surface area contributed by atoms with E-state index in [9.17, 15) is 0 Å². The van der Waals surface area contributed by atoms with Gasteiger partial charge in [0.1, 0.15) is 0 Å². The van der Waals surface area contributed by atoms with Crippen LogP contribution in [-0.2, 0) is 0 Å². The lowest BCUT2D eigenvalue weighted by Gasteiger charge is -2.13. The molecule has 0 atom stereocenters. The molecule has 4 heterocycles. The van der Waals surface area contributed by atoms with Crippen LogP contribution in [0, 0.1) is 0 Å². The second-order valence-electron chi connectivity index (χ2n) is 19.1. The van der Waals surface area contributed by atoms with Gasteiger partial charge in [-0.25, -0.2) is 15.0 Å². The number of rotatable bonds is 8. The Balaban J connectivity index is 0.912. The number of thiophene rings is 1. The zero-order valence-corrected chi connectivity index (χ0v) is 41.3. The van der Waals surface area contributed by atoms with Crippen molar-refractivity contribution in [3.05, 3.63) is 261 Å². The van der Waals surface area contributed by atoms with Crippen molar-refractivity contribution in [2.75, 3.05) is 0 Å². The average Bonchev–Trinajstić information content (AvgIpc) is 4.20. The first kappa shape index (κ1) is 42.9. The summed E-state index contributed by atoms with van der Waals surface area (Å²) in [6.45, 7) is 0. The molecule has 0 saturated heterocycles. The van der Waals surface area contributed by atoms with Crippen molar-refractivity contribution < 1.29 is 0 Å². The Hall–Kier alpha value is -9.75. The van der Waals surface area contributed by atoms with Crippen molar-refractivity contribution in [3.8, 4) is 78.9 Å². The van der Waals surface area contributed by atoms with E-state index in [-0.39, 0.29) is 0 Å². The summed E-state index contributed by atoms with van der Waals surface area (Å²) in [6, 6.07) is 93.2. The van der Waals surface area contributed by atoms with E-state index >= 15 is 0 Å². The summed E-state index contributed by atoms with van der Waals surface area (Å²) in [7, 11) is 0. The van der Waals surface area contributed by atoms with Crippen LogP contribution in [0.15, 0.2) is 261 Å². The summed E-state index contributed by atoms with van der Waals surface area (Å²) in [4.78, 5) is 15.8. The molecule has 11 aromatic carbocycles. The zero-order chi connectivity index (χ0) is 49.4. The van der Waals surface area contributed by atoms with E-state index in [1.165, 1.54) is 69.4 Å². The van der Waals surface area contributed by atoms with Crippen molar-refractivity contribution in [3.63, 3.8) is 0 Å². The molecule has 0 saturated carbocycles. The fourth-order valence-electron chi connectivity index (χ4n) is 11.3. The van der Waals surface area contributed by atoms with Crippen molar-refractivity contribution in [1.82, 2.24) is 24.1 Å². The molecule has 0 aliphatic carbocycles. The highest BCUT2D eigenvalue weighted by Crippen LogP contribution is 2.47. The van der Waals surface area contributed by atoms with Crippen molar-refractivity contribution >= 4 is 75.1 Å². The van der Waals surface area contributed by atoms with Gasteiger partial charge in [0, 0.05) is 60.4 Å². The maximum atomic E-state index is 5.28. The van der Waals surface area contributed by atoms with Crippen LogP contribution in [0.2, 0.25) is 0 Å². The number of para-hydroxylation sites is 2. The first-order valence-electron chi connectivity index (χ1n) is 25.3. The van der Waals surface area contributed by atoms with Crippen LogP contribution in [0.3, 0.4) is 0 Å². The maximum absolute atomic E-state index is 5.28. The van der Waals surface area contributed by atoms with E-state index in [0.29, 0.717) is 17.5 Å². The van der Waals surface area contributed by atoms with Crippen LogP contribution in [0.1, 0.15) is 0 Å². The summed E-state index contributed by atoms with van der Waals surface area (Å²) in [5.41, 5.74) is 16.6. The van der Waals surface area contributed by atoms with Crippen molar-refractivity contribution in [2.45, 2.75) is 0 Å². The number of hydrogen-bond donors (Lipinski definition) is 0. The predicted octanol–water partition coefficient (Wildman–Crippen LogP) is 18.4. The largest absolute Gasteiger partial charge is 0.308 e. The smallest absolute Gasteiger partial charge is 0.164 e. The molecule has 0 aliphatic heterocycles. The second-order valence-corrected chi connectivity index (χ2v) is 20.1. The zero-order valence-electron chi connectivity index (χ0n) is 40.5. The van der Waals surface area contributed by atoms with E-state index in [4.69, 9.17) is 15.0 Å². The van der Waals surface area contributed by atoms with Gasteiger partial charge < -0.3 is 9.13 Å². The van der Waals surface area contributed by atoms with Crippen molar-refractivity contribution in [1.29, 1.82) is 0 Å². The van der Waals surface area contributed by atoms with E-state index in [1.807, 2.05) is 23.5 Å². The normalized spacial score (nSPS) is 11.7. The summed E-state index contributed by atoms with van der Waals surface area (Å²) < 4.78 is 7.47. The lowest BCUT2D eigenvalue weighted by atomic mass is 9.99. The molecule has 0 fully saturated rings. The number of fused-ring (bicyclic) bond motifs is 11. The summed E-state index contributed by atoms with van der Waals surface area (Å²) in [6.07, 6.45) is 0.